The van der Waals surface area contributed by atoms with Gasteiger partial charge in [0.15, 0.2) is 5.69 Å². The Morgan fingerprint density at radius 3 is 2.56 bits per heavy atom. The van der Waals surface area contributed by atoms with Gasteiger partial charge in [0, 0.05) is 6.54 Å². The molecule has 0 radical (unpaired) electrons. The minimum atomic E-state index is -4.69. The third kappa shape index (κ3) is 3.53. The van der Waals surface area contributed by atoms with Gasteiger partial charge in [-0.05, 0) is 37.3 Å². The van der Waals surface area contributed by atoms with Crippen LogP contribution in [0.5, 0.6) is 0 Å². The highest BCUT2D eigenvalue weighted by atomic mass is 19.4. The number of hydrogen-bond donors (Lipinski definition) is 1. The molecule has 0 atom stereocenters. The number of nitrogens with one attached hydrogen (secondary N) is 1. The van der Waals surface area contributed by atoms with Gasteiger partial charge < -0.3 is 5.32 Å². The molecular formula is C18H13F4N3O2. The van der Waals surface area contributed by atoms with Crippen molar-refractivity contribution in [1.82, 2.24) is 9.78 Å². The number of amides is 1. The van der Waals surface area contributed by atoms with Crippen molar-refractivity contribution < 1.29 is 22.4 Å². The SMILES string of the molecule is CCn1nc(C(=O)Nc2ccccc2C(F)(F)F)c(=O)c2cc(F)ccc21. The Morgan fingerprint density at radius 1 is 1.19 bits per heavy atom. The van der Waals surface area contributed by atoms with E-state index in [9.17, 15) is 27.2 Å². The van der Waals surface area contributed by atoms with E-state index in [4.69, 9.17) is 0 Å². The Hall–Kier alpha value is -3.23. The number of hydrogen-bond acceptors (Lipinski definition) is 3. The molecule has 1 N–H and O–H groups in total. The van der Waals surface area contributed by atoms with E-state index in [0.717, 1.165) is 24.3 Å². The third-order valence-corrected chi connectivity index (χ3v) is 3.91. The number of carbonyl (C=O) groups is 1. The summed E-state index contributed by atoms with van der Waals surface area (Å²) in [5, 5.41) is 5.92. The molecule has 0 fully saturated rings. The molecule has 0 saturated heterocycles. The van der Waals surface area contributed by atoms with Crippen molar-refractivity contribution in [3.8, 4) is 0 Å². The van der Waals surface area contributed by atoms with Crippen molar-refractivity contribution >= 4 is 22.5 Å². The van der Waals surface area contributed by atoms with Crippen molar-refractivity contribution in [2.24, 2.45) is 0 Å². The second-order valence-corrected chi connectivity index (χ2v) is 5.65. The first-order valence-electron chi connectivity index (χ1n) is 7.90. The van der Waals surface area contributed by atoms with Crippen LogP contribution in [0.15, 0.2) is 47.3 Å². The average Bonchev–Trinajstić information content (AvgIpc) is 2.62. The van der Waals surface area contributed by atoms with Gasteiger partial charge in [0.05, 0.1) is 22.2 Å². The Kier molecular flexibility index (Phi) is 4.69. The molecule has 0 saturated carbocycles. The van der Waals surface area contributed by atoms with Crippen LogP contribution < -0.4 is 10.7 Å². The predicted octanol–water partition coefficient (Wildman–Crippen LogP) is 3.83. The van der Waals surface area contributed by atoms with Crippen LogP contribution in [-0.2, 0) is 12.7 Å². The van der Waals surface area contributed by atoms with Gasteiger partial charge in [0.1, 0.15) is 5.82 Å². The summed E-state index contributed by atoms with van der Waals surface area (Å²) in [4.78, 5) is 25.0. The molecule has 5 nitrogen and oxygen atoms in total. The normalized spacial score (nSPS) is 11.6. The molecule has 140 valence electrons. The Morgan fingerprint density at radius 2 is 1.89 bits per heavy atom. The fourth-order valence-electron chi connectivity index (χ4n) is 2.67. The van der Waals surface area contributed by atoms with E-state index >= 15 is 0 Å². The smallest absolute Gasteiger partial charge is 0.320 e. The highest BCUT2D eigenvalue weighted by Crippen LogP contribution is 2.34. The summed E-state index contributed by atoms with van der Waals surface area (Å²) in [6, 6.07) is 7.84. The number of rotatable bonds is 3. The second-order valence-electron chi connectivity index (χ2n) is 5.65. The van der Waals surface area contributed by atoms with Crippen LogP contribution in [0, 0.1) is 5.82 Å². The molecule has 1 amide bonds. The lowest BCUT2D eigenvalue weighted by atomic mass is 10.1. The number of halogens is 4. The van der Waals surface area contributed by atoms with Crippen molar-refractivity contribution in [3.63, 3.8) is 0 Å². The van der Waals surface area contributed by atoms with Crippen LogP contribution in [0.1, 0.15) is 23.0 Å². The first-order valence-corrected chi connectivity index (χ1v) is 7.90. The van der Waals surface area contributed by atoms with Crippen LogP contribution in [0.3, 0.4) is 0 Å². The number of alkyl halides is 3. The van der Waals surface area contributed by atoms with Crippen LogP contribution in [0.2, 0.25) is 0 Å². The second kappa shape index (κ2) is 6.82. The van der Waals surface area contributed by atoms with Crippen molar-refractivity contribution in [2.75, 3.05) is 5.32 Å². The number of anilines is 1. The lowest BCUT2D eigenvalue weighted by Gasteiger charge is -2.14. The highest BCUT2D eigenvalue weighted by Gasteiger charge is 2.34. The van der Waals surface area contributed by atoms with Crippen molar-refractivity contribution in [1.29, 1.82) is 0 Å². The largest absolute Gasteiger partial charge is 0.418 e. The number of aromatic nitrogens is 2. The maximum Gasteiger partial charge on any atom is 0.418 e. The van der Waals surface area contributed by atoms with E-state index in [1.807, 2.05) is 0 Å². The van der Waals surface area contributed by atoms with Gasteiger partial charge in [-0.1, -0.05) is 12.1 Å². The molecule has 0 aliphatic carbocycles. The zero-order valence-electron chi connectivity index (χ0n) is 14.0. The fraction of sp³-hybridized carbons (Fsp3) is 0.167. The quantitative estimate of drug-likeness (QED) is 0.704. The van der Waals surface area contributed by atoms with E-state index in [2.05, 4.69) is 10.4 Å². The van der Waals surface area contributed by atoms with Crippen LogP contribution in [0.25, 0.3) is 10.9 Å². The van der Waals surface area contributed by atoms with Gasteiger partial charge in [-0.25, -0.2) is 4.39 Å². The van der Waals surface area contributed by atoms with E-state index in [1.54, 1.807) is 6.92 Å². The van der Waals surface area contributed by atoms with Gasteiger partial charge >= 0.3 is 6.18 Å². The number of aryl methyl sites for hydroxylation is 1. The zero-order chi connectivity index (χ0) is 19.8. The van der Waals surface area contributed by atoms with Crippen molar-refractivity contribution in [3.05, 3.63) is 69.8 Å². The summed E-state index contributed by atoms with van der Waals surface area (Å²) in [6.07, 6.45) is -4.69. The molecule has 0 unspecified atom stereocenters. The van der Waals surface area contributed by atoms with E-state index in [0.29, 0.717) is 5.52 Å². The molecule has 3 aromatic rings. The monoisotopic (exact) mass is 379 g/mol. The van der Waals surface area contributed by atoms with Gasteiger partial charge in [-0.15, -0.1) is 0 Å². The molecule has 3 rings (SSSR count). The standard InChI is InChI=1S/C18H13F4N3O2/c1-2-25-14-8-7-10(19)9-11(14)16(26)15(24-25)17(27)23-13-6-4-3-5-12(13)18(20,21)22/h3-9H,2H2,1H3,(H,23,27). The first-order chi connectivity index (χ1) is 12.7. The van der Waals surface area contributed by atoms with Gasteiger partial charge in [-0.3, -0.25) is 14.3 Å². The fourth-order valence-corrected chi connectivity index (χ4v) is 2.67. The third-order valence-electron chi connectivity index (χ3n) is 3.91. The molecule has 9 heteroatoms. The van der Waals surface area contributed by atoms with Gasteiger partial charge in [0.25, 0.3) is 5.91 Å². The summed E-state index contributed by atoms with van der Waals surface area (Å²) >= 11 is 0. The number of benzene rings is 2. The van der Waals surface area contributed by atoms with Gasteiger partial charge in [-0.2, -0.15) is 18.3 Å². The molecule has 1 aromatic heterocycles. The summed E-state index contributed by atoms with van der Waals surface area (Å²) in [5.41, 5.74) is -2.72. The van der Waals surface area contributed by atoms with Crippen molar-refractivity contribution in [2.45, 2.75) is 19.6 Å². The molecule has 0 spiro atoms. The molecule has 0 aliphatic rings. The molecule has 1 heterocycles. The molecular weight excluding hydrogens is 366 g/mol. The summed E-state index contributed by atoms with van der Waals surface area (Å²) in [5.74, 6) is -1.78. The Balaban J connectivity index is 2.10. The van der Waals surface area contributed by atoms with E-state index in [1.165, 1.54) is 22.9 Å². The topological polar surface area (TPSA) is 64.0 Å². The number of fused-ring (bicyclic) bond motifs is 1. The van der Waals surface area contributed by atoms with E-state index in [-0.39, 0.29) is 11.9 Å². The number of carbonyl (C=O) groups excluding carboxylic acids is 1. The van der Waals surface area contributed by atoms with Gasteiger partial charge in [0.2, 0.25) is 5.43 Å². The predicted molar refractivity (Wildman–Crippen MR) is 91.0 cm³/mol. The number of para-hydroxylation sites is 1. The summed E-state index contributed by atoms with van der Waals surface area (Å²) in [6.45, 7) is 1.96. The van der Waals surface area contributed by atoms with Crippen LogP contribution >= 0.6 is 0 Å². The van der Waals surface area contributed by atoms with Crippen LogP contribution in [-0.4, -0.2) is 15.7 Å². The maximum absolute atomic E-state index is 13.5. The van der Waals surface area contributed by atoms with Crippen LogP contribution in [0.4, 0.5) is 23.2 Å². The lowest BCUT2D eigenvalue weighted by molar-refractivity contribution is -0.136. The zero-order valence-corrected chi connectivity index (χ0v) is 14.0. The summed E-state index contributed by atoms with van der Waals surface area (Å²) < 4.78 is 54.1. The maximum atomic E-state index is 13.5. The minimum absolute atomic E-state index is 0.0823. The first kappa shape index (κ1) is 18.6. The molecule has 0 aliphatic heterocycles. The molecule has 0 bridgehead atoms. The number of nitrogens with zero attached hydrogens (tertiary/aromatic N) is 2. The minimum Gasteiger partial charge on any atom is -0.320 e. The van der Waals surface area contributed by atoms with E-state index < -0.39 is 40.3 Å². The average molecular weight is 379 g/mol. The molecule has 27 heavy (non-hydrogen) atoms. The lowest BCUT2D eigenvalue weighted by Crippen LogP contribution is -2.28. The molecule has 2 aromatic carbocycles. The summed E-state index contributed by atoms with van der Waals surface area (Å²) in [7, 11) is 0. The highest BCUT2D eigenvalue weighted by molar-refractivity contribution is 6.04. The Labute approximate surface area is 150 Å². The Bertz CT molecular complexity index is 1090.